The molecule has 0 unspecified atom stereocenters. The van der Waals surface area contributed by atoms with E-state index in [4.69, 9.17) is 14.5 Å². The molecular formula is C36H34N2O4S2. The molecule has 224 valence electrons. The smallest absolute Gasteiger partial charge is 0.333 e. The fourth-order valence-corrected chi connectivity index (χ4v) is 6.46. The van der Waals surface area contributed by atoms with Crippen LogP contribution in [0.25, 0.3) is 16.2 Å². The van der Waals surface area contributed by atoms with E-state index in [1.165, 1.54) is 22.7 Å². The Morgan fingerprint density at radius 2 is 1.70 bits per heavy atom. The second kappa shape index (κ2) is 14.8. The van der Waals surface area contributed by atoms with Gasteiger partial charge in [0, 0.05) is 15.7 Å². The lowest BCUT2D eigenvalue weighted by molar-refractivity contribution is -0.138. The molecule has 0 saturated heterocycles. The number of amides is 1. The van der Waals surface area contributed by atoms with Crippen molar-refractivity contribution >= 4 is 50.7 Å². The van der Waals surface area contributed by atoms with Crippen molar-refractivity contribution in [1.82, 2.24) is 10.3 Å². The van der Waals surface area contributed by atoms with Gasteiger partial charge in [0.05, 0.1) is 23.2 Å². The number of nitrogens with one attached hydrogen (secondary N) is 1. The summed E-state index contributed by atoms with van der Waals surface area (Å²) in [7, 11) is 0. The van der Waals surface area contributed by atoms with E-state index in [-0.39, 0.29) is 17.9 Å². The minimum absolute atomic E-state index is 0.129. The van der Waals surface area contributed by atoms with E-state index < -0.39 is 0 Å². The van der Waals surface area contributed by atoms with Gasteiger partial charge in [-0.3, -0.25) is 4.79 Å². The first-order valence-electron chi connectivity index (χ1n) is 14.4. The number of allylic oxidation sites excluding steroid dienone is 2. The summed E-state index contributed by atoms with van der Waals surface area (Å²) in [4.78, 5) is 31.0. The molecule has 5 aromatic rings. The largest absolute Gasteiger partial charge is 0.489 e. The van der Waals surface area contributed by atoms with Gasteiger partial charge in [0.25, 0.3) is 5.91 Å². The summed E-state index contributed by atoms with van der Waals surface area (Å²) < 4.78 is 12.1. The van der Waals surface area contributed by atoms with Crippen LogP contribution in [0.5, 0.6) is 5.75 Å². The van der Waals surface area contributed by atoms with Crippen molar-refractivity contribution in [3.05, 3.63) is 134 Å². The Hall–Kier alpha value is -4.53. The third-order valence-corrected chi connectivity index (χ3v) is 8.91. The molecule has 0 fully saturated rings. The highest BCUT2D eigenvalue weighted by Gasteiger charge is 2.21. The zero-order valence-electron chi connectivity index (χ0n) is 24.9. The lowest BCUT2D eigenvalue weighted by Gasteiger charge is -2.17. The summed E-state index contributed by atoms with van der Waals surface area (Å²) in [6.07, 6.45) is 4.28. The summed E-state index contributed by atoms with van der Waals surface area (Å²) >= 11 is 2.98. The number of carbonyl (C=O) groups excluding carboxylic acids is 2. The molecule has 6 nitrogen and oxygen atoms in total. The zero-order chi connectivity index (χ0) is 30.9. The molecule has 44 heavy (non-hydrogen) atoms. The van der Waals surface area contributed by atoms with Crippen LogP contribution in [0.15, 0.2) is 108 Å². The number of fused-ring (bicyclic) bond motifs is 1. The number of nitrogens with zero attached hydrogens (tertiary/aromatic N) is 1. The highest BCUT2D eigenvalue weighted by Crippen LogP contribution is 2.28. The maximum absolute atomic E-state index is 13.5. The van der Waals surface area contributed by atoms with Gasteiger partial charge < -0.3 is 14.8 Å². The SMILES string of the molecule is CCOC(=O)/C(C)=C\C(C)=C\c1csc([C@H](Cc2ccc(OCc3ccccc3)cc2)NC(=O)c2cc3ccccc3s2)n1. The van der Waals surface area contributed by atoms with Gasteiger partial charge in [-0.25, -0.2) is 9.78 Å². The van der Waals surface area contributed by atoms with E-state index >= 15 is 0 Å². The van der Waals surface area contributed by atoms with Crippen molar-refractivity contribution in [2.75, 3.05) is 6.61 Å². The summed E-state index contributed by atoms with van der Waals surface area (Å²) in [5.74, 6) is 0.321. The lowest BCUT2D eigenvalue weighted by atomic mass is 10.1. The Morgan fingerprint density at radius 1 is 0.955 bits per heavy atom. The Kier molecular flexibility index (Phi) is 10.4. The van der Waals surface area contributed by atoms with E-state index in [1.54, 1.807) is 19.9 Å². The molecule has 3 aromatic carbocycles. The van der Waals surface area contributed by atoms with Crippen molar-refractivity contribution in [2.45, 2.75) is 39.8 Å². The number of rotatable bonds is 12. The Bertz CT molecular complexity index is 1750. The molecule has 5 rings (SSSR count). The molecule has 1 N–H and O–H groups in total. The number of thiazole rings is 1. The van der Waals surface area contributed by atoms with Crippen LogP contribution in [0.1, 0.15) is 58.3 Å². The number of benzene rings is 3. The molecule has 0 aliphatic heterocycles. The molecule has 0 aliphatic carbocycles. The van der Waals surface area contributed by atoms with Gasteiger partial charge >= 0.3 is 5.97 Å². The molecule has 0 saturated carbocycles. The molecule has 2 aromatic heterocycles. The van der Waals surface area contributed by atoms with Crippen LogP contribution in [-0.4, -0.2) is 23.5 Å². The molecule has 2 heterocycles. The highest BCUT2D eigenvalue weighted by molar-refractivity contribution is 7.20. The second-order valence-electron chi connectivity index (χ2n) is 10.3. The van der Waals surface area contributed by atoms with Crippen LogP contribution >= 0.6 is 22.7 Å². The van der Waals surface area contributed by atoms with E-state index in [0.29, 0.717) is 30.1 Å². The van der Waals surface area contributed by atoms with Crippen molar-refractivity contribution in [2.24, 2.45) is 0 Å². The third-order valence-electron chi connectivity index (χ3n) is 6.82. The molecule has 0 spiro atoms. The number of carbonyl (C=O) groups is 2. The van der Waals surface area contributed by atoms with E-state index in [2.05, 4.69) is 5.32 Å². The standard InChI is InChI=1S/C36H34N2O4S2/c1-4-41-36(40)25(3)18-24(2)19-29-23-43-35(37-29)31(38-34(39)33-21-28-12-8-9-13-32(28)44-33)20-26-14-16-30(17-15-26)42-22-27-10-6-5-7-11-27/h5-19,21,23,31H,4,20,22H2,1-3H3,(H,38,39)/b24-19+,25-18-/t31-/m0/s1. The summed E-state index contributed by atoms with van der Waals surface area (Å²) in [6, 6.07) is 27.6. The van der Waals surface area contributed by atoms with Crippen LogP contribution in [0.4, 0.5) is 0 Å². The van der Waals surface area contributed by atoms with Crippen LogP contribution < -0.4 is 10.1 Å². The lowest BCUT2D eigenvalue weighted by Crippen LogP contribution is -2.29. The topological polar surface area (TPSA) is 77.5 Å². The molecule has 0 aliphatic rings. The third kappa shape index (κ3) is 8.30. The van der Waals surface area contributed by atoms with Crippen LogP contribution in [0, 0.1) is 0 Å². The quantitative estimate of drug-likeness (QED) is 0.0857. The molecule has 8 heteroatoms. The maximum Gasteiger partial charge on any atom is 0.333 e. The van der Waals surface area contributed by atoms with Crippen LogP contribution in [0.3, 0.4) is 0 Å². The van der Waals surface area contributed by atoms with E-state index in [9.17, 15) is 9.59 Å². The fraction of sp³-hybridized carbons (Fsp3) is 0.194. The van der Waals surface area contributed by atoms with Gasteiger partial charge in [-0.15, -0.1) is 22.7 Å². The highest BCUT2D eigenvalue weighted by atomic mass is 32.1. The predicted octanol–water partition coefficient (Wildman–Crippen LogP) is 8.56. The number of hydrogen-bond donors (Lipinski definition) is 1. The van der Waals surface area contributed by atoms with E-state index in [0.717, 1.165) is 43.2 Å². The Balaban J connectivity index is 1.34. The monoisotopic (exact) mass is 622 g/mol. The van der Waals surface area contributed by atoms with E-state index in [1.807, 2.05) is 103 Å². The molecule has 0 bridgehead atoms. The van der Waals surface area contributed by atoms with Crippen LogP contribution in [0.2, 0.25) is 0 Å². The maximum atomic E-state index is 13.5. The van der Waals surface area contributed by atoms with Crippen LogP contribution in [-0.2, 0) is 22.6 Å². The van der Waals surface area contributed by atoms with Gasteiger partial charge in [-0.2, -0.15) is 0 Å². The number of thiophene rings is 1. The van der Waals surface area contributed by atoms with Gasteiger partial charge in [0.15, 0.2) is 0 Å². The number of ether oxygens (including phenoxy) is 2. The second-order valence-corrected chi connectivity index (χ2v) is 12.3. The summed E-state index contributed by atoms with van der Waals surface area (Å²) in [6.45, 7) is 6.27. The van der Waals surface area contributed by atoms with Crippen molar-refractivity contribution in [3.8, 4) is 5.75 Å². The fourth-order valence-electron chi connectivity index (χ4n) is 4.67. The molecule has 1 atom stereocenters. The first-order chi connectivity index (χ1) is 21.4. The zero-order valence-corrected chi connectivity index (χ0v) is 26.5. The molecule has 1 amide bonds. The minimum atomic E-state index is -0.340. The van der Waals surface area contributed by atoms with Crippen molar-refractivity contribution < 1.29 is 19.1 Å². The molecule has 0 radical (unpaired) electrons. The number of hydrogen-bond acceptors (Lipinski definition) is 7. The van der Waals surface area contributed by atoms with Crippen molar-refractivity contribution in [1.29, 1.82) is 0 Å². The van der Waals surface area contributed by atoms with Gasteiger partial charge in [0.1, 0.15) is 17.4 Å². The van der Waals surface area contributed by atoms with Gasteiger partial charge in [0.2, 0.25) is 0 Å². The average Bonchev–Trinajstić information content (AvgIpc) is 3.68. The Morgan fingerprint density at radius 3 is 2.45 bits per heavy atom. The first-order valence-corrected chi connectivity index (χ1v) is 16.1. The Labute approximate surface area is 265 Å². The van der Waals surface area contributed by atoms with Crippen molar-refractivity contribution in [3.63, 3.8) is 0 Å². The first kappa shape index (κ1) is 30.9. The predicted molar refractivity (Wildman–Crippen MR) is 179 cm³/mol. The number of esters is 1. The average molecular weight is 623 g/mol. The number of aromatic nitrogens is 1. The normalized spacial score (nSPS) is 12.6. The summed E-state index contributed by atoms with van der Waals surface area (Å²) in [5.41, 5.74) is 4.33. The van der Waals surface area contributed by atoms with Gasteiger partial charge in [-0.1, -0.05) is 60.7 Å². The van der Waals surface area contributed by atoms with Gasteiger partial charge in [-0.05, 0) is 85.7 Å². The summed E-state index contributed by atoms with van der Waals surface area (Å²) in [5, 5.41) is 7.06. The minimum Gasteiger partial charge on any atom is -0.489 e. The molecular weight excluding hydrogens is 589 g/mol.